The Hall–Kier alpha value is -2.16. The summed E-state index contributed by atoms with van der Waals surface area (Å²) in [5.74, 6) is -0.121. The zero-order valence-electron chi connectivity index (χ0n) is 23.8. The van der Waals surface area contributed by atoms with Gasteiger partial charge in [-0.25, -0.2) is 0 Å². The van der Waals surface area contributed by atoms with Gasteiger partial charge in [0.25, 0.3) is 0 Å². The van der Waals surface area contributed by atoms with Crippen molar-refractivity contribution in [1.29, 1.82) is 0 Å². The maximum absolute atomic E-state index is 12.6. The highest BCUT2D eigenvalue weighted by molar-refractivity contribution is 6.03. The van der Waals surface area contributed by atoms with E-state index in [9.17, 15) is 9.59 Å². The minimum atomic E-state index is -0.449. The number of unbranched alkanes of at least 4 members (excludes halogenated alkanes) is 8. The molecular formula is C33H52O3. The van der Waals surface area contributed by atoms with Crippen molar-refractivity contribution in [3.63, 3.8) is 0 Å². The Morgan fingerprint density at radius 1 is 0.972 bits per heavy atom. The van der Waals surface area contributed by atoms with Gasteiger partial charge in [0, 0.05) is 11.8 Å². The molecule has 0 spiro atoms. The van der Waals surface area contributed by atoms with Crippen LogP contribution in [-0.2, 0) is 14.3 Å². The van der Waals surface area contributed by atoms with Crippen LogP contribution in [0.25, 0.3) is 0 Å². The zero-order valence-corrected chi connectivity index (χ0v) is 23.8. The average Bonchev–Trinajstić information content (AvgIpc) is 2.85. The smallest absolute Gasteiger partial charge is 0.306 e. The number of carbonyl (C=O) groups excluding carboxylic acids is 2. The topological polar surface area (TPSA) is 43.4 Å². The van der Waals surface area contributed by atoms with Crippen LogP contribution in [0.4, 0.5) is 0 Å². The van der Waals surface area contributed by atoms with Crippen LogP contribution in [0.5, 0.6) is 0 Å². The molecule has 0 saturated heterocycles. The lowest BCUT2D eigenvalue weighted by molar-refractivity contribution is -0.150. The fourth-order valence-corrected chi connectivity index (χ4v) is 4.16. The first-order valence-corrected chi connectivity index (χ1v) is 14.3. The van der Waals surface area contributed by atoms with E-state index < -0.39 is 5.41 Å². The Bertz CT molecular complexity index is 792. The molecule has 3 heteroatoms. The highest BCUT2D eigenvalue weighted by Gasteiger charge is 2.29. The maximum atomic E-state index is 12.6. The van der Waals surface area contributed by atoms with Crippen molar-refractivity contribution in [2.75, 3.05) is 0 Å². The van der Waals surface area contributed by atoms with Crippen molar-refractivity contribution in [2.45, 2.75) is 131 Å². The van der Waals surface area contributed by atoms with E-state index in [1.807, 2.05) is 32.9 Å². The number of carbonyl (C=O) groups is 2. The molecule has 0 radical (unpaired) electrons. The number of ether oxygens (including phenoxy) is 1. The summed E-state index contributed by atoms with van der Waals surface area (Å²) in [5, 5.41) is 0. The third-order valence-corrected chi connectivity index (χ3v) is 6.80. The molecule has 0 saturated carbocycles. The number of rotatable bonds is 15. The molecule has 3 nitrogen and oxygen atoms in total. The van der Waals surface area contributed by atoms with Gasteiger partial charge in [-0.05, 0) is 82.9 Å². The van der Waals surface area contributed by atoms with Gasteiger partial charge in [0.2, 0.25) is 0 Å². The lowest BCUT2D eigenvalue weighted by Gasteiger charge is -2.29. The third kappa shape index (κ3) is 15.1. The van der Waals surface area contributed by atoms with Gasteiger partial charge in [-0.3, -0.25) is 9.59 Å². The van der Waals surface area contributed by atoms with E-state index >= 15 is 0 Å². The van der Waals surface area contributed by atoms with Gasteiger partial charge in [-0.15, -0.1) is 0 Å². The van der Waals surface area contributed by atoms with Gasteiger partial charge in [0.1, 0.15) is 6.10 Å². The van der Waals surface area contributed by atoms with Crippen LogP contribution in [0.2, 0.25) is 0 Å². The highest BCUT2D eigenvalue weighted by Crippen LogP contribution is 2.29. The molecule has 202 valence electrons. The average molecular weight is 497 g/mol. The van der Waals surface area contributed by atoms with Crippen LogP contribution in [0, 0.1) is 5.41 Å². The molecule has 0 amide bonds. The van der Waals surface area contributed by atoms with Crippen LogP contribution >= 0.6 is 0 Å². The molecule has 0 fully saturated rings. The second-order valence-corrected chi connectivity index (χ2v) is 10.8. The molecule has 1 rings (SSSR count). The van der Waals surface area contributed by atoms with Crippen LogP contribution in [0.15, 0.2) is 59.8 Å². The summed E-state index contributed by atoms with van der Waals surface area (Å²) in [6, 6.07) is 0. The number of esters is 1. The maximum Gasteiger partial charge on any atom is 0.306 e. The van der Waals surface area contributed by atoms with Gasteiger partial charge >= 0.3 is 5.97 Å². The Balaban J connectivity index is 2.31. The van der Waals surface area contributed by atoms with Gasteiger partial charge in [0.15, 0.2) is 5.78 Å². The molecule has 1 atom stereocenters. The zero-order chi connectivity index (χ0) is 26.7. The second-order valence-electron chi connectivity index (χ2n) is 10.8. The molecule has 0 N–H and O–H groups in total. The van der Waals surface area contributed by atoms with E-state index in [2.05, 4.69) is 44.2 Å². The van der Waals surface area contributed by atoms with E-state index in [1.165, 1.54) is 44.1 Å². The van der Waals surface area contributed by atoms with Crippen LogP contribution in [0.1, 0.15) is 125 Å². The van der Waals surface area contributed by atoms with Gasteiger partial charge in [-0.2, -0.15) is 0 Å². The Kier molecular flexibility index (Phi) is 16.8. The Morgan fingerprint density at radius 2 is 1.61 bits per heavy atom. The molecular weight excluding hydrogens is 444 g/mol. The van der Waals surface area contributed by atoms with E-state index in [-0.39, 0.29) is 17.9 Å². The minimum Gasteiger partial charge on any atom is -0.457 e. The van der Waals surface area contributed by atoms with Crippen molar-refractivity contribution in [3.05, 3.63) is 59.8 Å². The molecule has 1 aliphatic carbocycles. The van der Waals surface area contributed by atoms with E-state index in [0.29, 0.717) is 6.42 Å². The summed E-state index contributed by atoms with van der Waals surface area (Å²) in [5.41, 5.74) is 1.51. The Morgan fingerprint density at radius 3 is 2.31 bits per heavy atom. The van der Waals surface area contributed by atoms with Crippen molar-refractivity contribution < 1.29 is 14.3 Å². The molecule has 36 heavy (non-hydrogen) atoms. The molecule has 0 aliphatic heterocycles. The van der Waals surface area contributed by atoms with Crippen LogP contribution in [0.3, 0.4) is 0 Å². The molecule has 0 bridgehead atoms. The fraction of sp³-hybridized carbons (Fsp3) is 0.636. The molecule has 0 heterocycles. The number of allylic oxidation sites excluding steroid dienone is 8. The summed E-state index contributed by atoms with van der Waals surface area (Å²) in [7, 11) is 0. The van der Waals surface area contributed by atoms with Crippen molar-refractivity contribution in [2.24, 2.45) is 5.41 Å². The largest absolute Gasteiger partial charge is 0.457 e. The molecule has 1 aliphatic rings. The van der Waals surface area contributed by atoms with Gasteiger partial charge < -0.3 is 4.74 Å². The normalized spacial score (nSPS) is 18.8. The summed E-state index contributed by atoms with van der Waals surface area (Å²) in [6.45, 7) is 10.2. The summed E-state index contributed by atoms with van der Waals surface area (Å²) >= 11 is 0. The first-order valence-electron chi connectivity index (χ1n) is 14.3. The quantitative estimate of drug-likeness (QED) is 0.129. The van der Waals surface area contributed by atoms with E-state index in [1.54, 1.807) is 6.08 Å². The molecule has 0 aromatic carbocycles. The van der Waals surface area contributed by atoms with Crippen molar-refractivity contribution in [1.82, 2.24) is 0 Å². The van der Waals surface area contributed by atoms with Crippen molar-refractivity contribution >= 4 is 11.8 Å². The van der Waals surface area contributed by atoms with E-state index in [0.717, 1.165) is 50.5 Å². The SMILES string of the molecule is CCCCC/C=C\C/C=C\CCCCCCCC(=O)O[C@@H]1C=C(C)CCC=C(C)C(=O)C=CC1(C)C. The summed E-state index contributed by atoms with van der Waals surface area (Å²) in [4.78, 5) is 24.9. The van der Waals surface area contributed by atoms with Crippen molar-refractivity contribution in [3.8, 4) is 0 Å². The summed E-state index contributed by atoms with van der Waals surface area (Å²) < 4.78 is 5.92. The Labute approximate surface area is 221 Å². The first-order chi connectivity index (χ1) is 17.3. The minimum absolute atomic E-state index is 0.0258. The van der Waals surface area contributed by atoms with Crippen LogP contribution in [-0.4, -0.2) is 17.9 Å². The lowest BCUT2D eigenvalue weighted by atomic mass is 9.84. The monoisotopic (exact) mass is 496 g/mol. The number of hydrogen-bond acceptors (Lipinski definition) is 3. The lowest BCUT2D eigenvalue weighted by Crippen LogP contribution is -2.31. The molecule has 0 aromatic heterocycles. The standard InChI is InChI=1S/C33H52O3/c1-6-7-8-9-10-11-12-13-14-15-16-17-18-19-20-24-32(35)36-31-27-28(2)22-21-23-29(3)30(34)25-26-33(31,4)5/h10-11,13-14,23,25-27,31H,6-9,12,15-22,24H2,1-5H3/b11-10-,14-13-,26-25?,28-27?,29-23?/t31-/m1/s1. The van der Waals surface area contributed by atoms with Gasteiger partial charge in [-0.1, -0.05) is 94.9 Å². The molecule has 0 aromatic rings. The molecule has 0 unspecified atom stereocenters. The summed E-state index contributed by atoms with van der Waals surface area (Å²) in [6.07, 6.45) is 31.3. The first kappa shape index (κ1) is 31.9. The highest BCUT2D eigenvalue weighted by atomic mass is 16.5. The number of ketones is 1. The predicted molar refractivity (Wildman–Crippen MR) is 154 cm³/mol. The van der Waals surface area contributed by atoms with Gasteiger partial charge in [0.05, 0.1) is 0 Å². The predicted octanol–water partition coefficient (Wildman–Crippen LogP) is 9.55. The fourth-order valence-electron chi connectivity index (χ4n) is 4.16. The third-order valence-electron chi connectivity index (χ3n) is 6.80. The van der Waals surface area contributed by atoms with E-state index in [4.69, 9.17) is 4.74 Å². The van der Waals surface area contributed by atoms with Crippen LogP contribution < -0.4 is 0 Å². The number of hydrogen-bond donors (Lipinski definition) is 0. The second kappa shape index (κ2) is 19.0.